The van der Waals surface area contributed by atoms with Crippen molar-refractivity contribution in [3.8, 4) is 0 Å². The summed E-state index contributed by atoms with van der Waals surface area (Å²) in [5.41, 5.74) is 0. The third kappa shape index (κ3) is 7.55. The number of rotatable bonds is 6. The lowest BCUT2D eigenvalue weighted by molar-refractivity contribution is 0.152. The molecule has 0 saturated carbocycles. The molecule has 0 fully saturated rings. The highest BCUT2D eigenvalue weighted by Gasteiger charge is 2.00. The largest absolute Gasteiger partial charge is 0.380 e. The van der Waals surface area contributed by atoms with Gasteiger partial charge in [-0.3, -0.25) is 4.99 Å². The molecule has 104 valence electrons. The van der Waals surface area contributed by atoms with Crippen molar-refractivity contribution in [3.05, 3.63) is 20.8 Å². The van der Waals surface area contributed by atoms with Crippen molar-refractivity contribution in [1.29, 1.82) is 0 Å². The summed E-state index contributed by atoms with van der Waals surface area (Å²) in [4.78, 5) is 5.41. The number of guanidine groups is 1. The zero-order chi connectivity index (χ0) is 12.5. The van der Waals surface area contributed by atoms with Gasteiger partial charge in [-0.1, -0.05) is 0 Å². The average Bonchev–Trinajstić information content (AvgIpc) is 2.74. The Morgan fingerprint density at radius 2 is 2.22 bits per heavy atom. The molecule has 1 aromatic rings. The lowest BCUT2D eigenvalue weighted by Crippen LogP contribution is -2.38. The molecular weight excluding hydrogens is 429 g/mol. The summed E-state index contributed by atoms with van der Waals surface area (Å²) in [5, 5.41) is 6.44. The molecule has 18 heavy (non-hydrogen) atoms. The van der Waals surface area contributed by atoms with Crippen LogP contribution in [-0.4, -0.2) is 32.8 Å². The van der Waals surface area contributed by atoms with E-state index < -0.39 is 0 Å². The van der Waals surface area contributed by atoms with Crippen LogP contribution in [0.1, 0.15) is 11.8 Å². The highest BCUT2D eigenvalue weighted by atomic mass is 127. The topological polar surface area (TPSA) is 45.6 Å². The van der Waals surface area contributed by atoms with Crippen LogP contribution >= 0.6 is 51.2 Å². The molecule has 0 atom stereocenters. The summed E-state index contributed by atoms with van der Waals surface area (Å²) < 4.78 is 6.39. The van der Waals surface area contributed by atoms with Crippen molar-refractivity contribution >= 4 is 57.2 Å². The predicted octanol–water partition coefficient (Wildman–Crippen LogP) is 2.83. The molecule has 0 spiro atoms. The highest BCUT2D eigenvalue weighted by molar-refractivity contribution is 14.0. The molecule has 1 aromatic heterocycles. The summed E-state index contributed by atoms with van der Waals surface area (Å²) in [6, 6.07) is 4.14. The number of thiophene rings is 1. The maximum absolute atomic E-state index is 5.25. The van der Waals surface area contributed by atoms with Crippen molar-refractivity contribution in [3.63, 3.8) is 0 Å². The molecule has 0 aliphatic rings. The number of ether oxygens (including phenoxy) is 1. The van der Waals surface area contributed by atoms with E-state index in [-0.39, 0.29) is 24.0 Å². The number of halogens is 2. The maximum Gasteiger partial charge on any atom is 0.191 e. The Hall–Kier alpha value is 0.140. The minimum atomic E-state index is 0. The van der Waals surface area contributed by atoms with E-state index in [2.05, 4.69) is 37.6 Å². The van der Waals surface area contributed by atoms with E-state index in [9.17, 15) is 0 Å². The Kier molecular flexibility index (Phi) is 11.1. The second kappa shape index (κ2) is 11.0. The Balaban J connectivity index is 0.00000289. The van der Waals surface area contributed by atoms with Crippen molar-refractivity contribution in [2.24, 2.45) is 4.99 Å². The molecule has 1 rings (SSSR count). The second-order valence-electron chi connectivity index (χ2n) is 3.26. The minimum absolute atomic E-state index is 0. The van der Waals surface area contributed by atoms with Gasteiger partial charge in [-0.25, -0.2) is 0 Å². The lowest BCUT2D eigenvalue weighted by atomic mass is 10.5. The molecule has 0 unspecified atom stereocenters. The van der Waals surface area contributed by atoms with Gasteiger partial charge in [-0.15, -0.1) is 35.3 Å². The summed E-state index contributed by atoms with van der Waals surface area (Å²) >= 11 is 5.16. The molecule has 7 heteroatoms. The number of nitrogens with one attached hydrogen (secondary N) is 2. The number of hydrogen-bond donors (Lipinski definition) is 2. The van der Waals surface area contributed by atoms with Gasteiger partial charge >= 0.3 is 0 Å². The smallest absolute Gasteiger partial charge is 0.191 e. The van der Waals surface area contributed by atoms with E-state index in [1.165, 1.54) is 4.88 Å². The summed E-state index contributed by atoms with van der Waals surface area (Å²) in [6.45, 7) is 4.98. The van der Waals surface area contributed by atoms with E-state index in [0.717, 1.165) is 29.4 Å². The van der Waals surface area contributed by atoms with E-state index in [0.29, 0.717) is 6.61 Å². The van der Waals surface area contributed by atoms with Crippen LogP contribution in [0.25, 0.3) is 0 Å². The zero-order valence-electron chi connectivity index (χ0n) is 10.5. The van der Waals surface area contributed by atoms with Gasteiger partial charge in [-0.05, 0) is 35.0 Å². The SMILES string of the molecule is CCOCCNC(=NC)NCc1ccc(Br)s1.I. The van der Waals surface area contributed by atoms with Crippen LogP contribution in [0.2, 0.25) is 0 Å². The van der Waals surface area contributed by atoms with Gasteiger partial charge in [0.25, 0.3) is 0 Å². The number of nitrogens with zero attached hydrogens (tertiary/aromatic N) is 1. The maximum atomic E-state index is 5.25. The Labute approximate surface area is 138 Å². The van der Waals surface area contributed by atoms with Crippen LogP contribution in [0.5, 0.6) is 0 Å². The molecule has 0 radical (unpaired) electrons. The van der Waals surface area contributed by atoms with Gasteiger partial charge in [0.15, 0.2) is 5.96 Å². The first-order valence-corrected chi connectivity index (χ1v) is 7.13. The number of hydrogen-bond acceptors (Lipinski definition) is 3. The molecule has 0 amide bonds. The first kappa shape index (κ1) is 18.1. The van der Waals surface area contributed by atoms with Crippen molar-refractivity contribution in [2.45, 2.75) is 13.5 Å². The monoisotopic (exact) mass is 447 g/mol. The fraction of sp³-hybridized carbons (Fsp3) is 0.545. The summed E-state index contributed by atoms with van der Waals surface area (Å²) in [6.07, 6.45) is 0. The summed E-state index contributed by atoms with van der Waals surface area (Å²) in [5.74, 6) is 0.800. The van der Waals surface area contributed by atoms with Crippen molar-refractivity contribution in [2.75, 3.05) is 26.8 Å². The quantitative estimate of drug-likeness (QED) is 0.305. The van der Waals surface area contributed by atoms with Crippen LogP contribution in [-0.2, 0) is 11.3 Å². The van der Waals surface area contributed by atoms with E-state index in [4.69, 9.17) is 4.74 Å². The van der Waals surface area contributed by atoms with Gasteiger partial charge in [0, 0.05) is 25.1 Å². The van der Waals surface area contributed by atoms with Crippen molar-refractivity contribution in [1.82, 2.24) is 10.6 Å². The molecule has 0 aliphatic carbocycles. The number of aliphatic imine (C=N–C) groups is 1. The van der Waals surface area contributed by atoms with Crippen LogP contribution in [0, 0.1) is 0 Å². The normalized spacial score (nSPS) is 10.9. The van der Waals surface area contributed by atoms with Crippen LogP contribution in [0.15, 0.2) is 20.9 Å². The fourth-order valence-electron chi connectivity index (χ4n) is 1.22. The molecule has 2 N–H and O–H groups in total. The zero-order valence-corrected chi connectivity index (χ0v) is 15.3. The molecule has 0 aliphatic heterocycles. The third-order valence-corrected chi connectivity index (χ3v) is 3.65. The van der Waals surface area contributed by atoms with E-state index in [1.807, 2.05) is 13.0 Å². The van der Waals surface area contributed by atoms with Crippen LogP contribution < -0.4 is 10.6 Å². The molecular formula is C11H19BrIN3OS. The average molecular weight is 448 g/mol. The van der Waals surface area contributed by atoms with Crippen LogP contribution in [0.4, 0.5) is 0 Å². The highest BCUT2D eigenvalue weighted by Crippen LogP contribution is 2.21. The predicted molar refractivity (Wildman–Crippen MR) is 92.1 cm³/mol. The van der Waals surface area contributed by atoms with E-state index >= 15 is 0 Å². The van der Waals surface area contributed by atoms with Gasteiger partial charge in [0.05, 0.1) is 16.9 Å². The van der Waals surface area contributed by atoms with Gasteiger partial charge in [0.1, 0.15) is 0 Å². The Morgan fingerprint density at radius 1 is 1.44 bits per heavy atom. The second-order valence-corrected chi connectivity index (χ2v) is 5.80. The molecule has 0 saturated heterocycles. The lowest BCUT2D eigenvalue weighted by Gasteiger charge is -2.10. The molecule has 4 nitrogen and oxygen atoms in total. The van der Waals surface area contributed by atoms with Crippen LogP contribution in [0.3, 0.4) is 0 Å². The Morgan fingerprint density at radius 3 is 2.78 bits per heavy atom. The van der Waals surface area contributed by atoms with Gasteiger partial charge in [0.2, 0.25) is 0 Å². The first-order valence-electron chi connectivity index (χ1n) is 5.52. The standard InChI is InChI=1S/C11H18BrN3OS.HI/c1-3-16-7-6-14-11(13-2)15-8-9-4-5-10(12)17-9;/h4-5H,3,6-8H2,1-2H3,(H2,13,14,15);1H. The van der Waals surface area contributed by atoms with Gasteiger partial charge in [-0.2, -0.15) is 0 Å². The fourth-order valence-corrected chi connectivity index (χ4v) is 2.65. The minimum Gasteiger partial charge on any atom is -0.380 e. The summed E-state index contributed by atoms with van der Waals surface area (Å²) in [7, 11) is 1.76. The third-order valence-electron chi connectivity index (χ3n) is 2.03. The molecule has 0 aromatic carbocycles. The molecule has 1 heterocycles. The van der Waals surface area contributed by atoms with Crippen molar-refractivity contribution < 1.29 is 4.74 Å². The first-order chi connectivity index (χ1) is 8.26. The van der Waals surface area contributed by atoms with E-state index in [1.54, 1.807) is 18.4 Å². The Bertz CT molecular complexity index is 360. The van der Waals surface area contributed by atoms with Gasteiger partial charge < -0.3 is 15.4 Å². The molecule has 0 bridgehead atoms.